The van der Waals surface area contributed by atoms with Gasteiger partial charge in [-0.05, 0) is 66.5 Å². The molecular weight excluding hydrogens is 536 g/mol. The predicted octanol–water partition coefficient (Wildman–Crippen LogP) is 6.83. The van der Waals surface area contributed by atoms with Crippen molar-refractivity contribution in [3.63, 3.8) is 0 Å². The van der Waals surface area contributed by atoms with Gasteiger partial charge in [0.1, 0.15) is 12.4 Å². The zero-order chi connectivity index (χ0) is 29.4. The van der Waals surface area contributed by atoms with Crippen molar-refractivity contribution in [2.75, 3.05) is 88.6 Å². The maximum atomic E-state index is 6.22. The largest absolute Gasteiger partial charge is 0.489 e. The number of rotatable bonds is 12. The highest BCUT2D eigenvalue weighted by atomic mass is 32.2. The molecule has 6 rings (SSSR count). The van der Waals surface area contributed by atoms with Crippen LogP contribution in [0.1, 0.15) is 32.6 Å². The quantitative estimate of drug-likeness (QED) is 0.154. The van der Waals surface area contributed by atoms with Crippen LogP contribution in [0.2, 0.25) is 0 Å². The number of piperazine rings is 3. The van der Waals surface area contributed by atoms with E-state index in [-0.39, 0.29) is 0 Å². The molecule has 1 unspecified atom stereocenters. The highest BCUT2D eigenvalue weighted by molar-refractivity contribution is 7.99. The Morgan fingerprint density at radius 3 is 2.57 bits per heavy atom. The lowest BCUT2D eigenvalue weighted by atomic mass is 10.0. The summed E-state index contributed by atoms with van der Waals surface area (Å²) in [6.07, 6.45) is 16.8. The molecule has 5 nitrogen and oxygen atoms in total. The predicted molar refractivity (Wildman–Crippen MR) is 180 cm³/mol. The highest BCUT2D eigenvalue weighted by Gasteiger charge is 2.37. The first-order valence-electron chi connectivity index (χ1n) is 15.8. The Hall–Kier alpha value is -2.85. The summed E-state index contributed by atoms with van der Waals surface area (Å²) in [5.74, 6) is 5.40. The van der Waals surface area contributed by atoms with Crippen LogP contribution in [0.4, 0.5) is 17.1 Å². The van der Waals surface area contributed by atoms with E-state index in [1.807, 2.05) is 17.8 Å². The van der Waals surface area contributed by atoms with Gasteiger partial charge in [0, 0.05) is 68.7 Å². The first-order chi connectivity index (χ1) is 20.5. The summed E-state index contributed by atoms with van der Waals surface area (Å²) < 4.78 is 7.51. The van der Waals surface area contributed by atoms with Crippen LogP contribution in [0.5, 0.6) is 5.75 Å². The second kappa shape index (κ2) is 14.6. The molecule has 4 aliphatic rings. The number of fused-ring (bicyclic) bond motifs is 4. The number of terminal acetylenes is 1. The molecule has 0 aliphatic carbocycles. The topological polar surface area (TPSA) is 19.0 Å². The summed E-state index contributed by atoms with van der Waals surface area (Å²) in [6, 6.07) is 15.5. The molecule has 224 valence electrons. The number of allylic oxidation sites excluding steroid dienone is 1. The fraction of sp³-hybridized carbons (Fsp3) is 0.500. The molecule has 0 saturated carbocycles. The van der Waals surface area contributed by atoms with Crippen LogP contribution in [-0.4, -0.2) is 88.2 Å². The summed E-state index contributed by atoms with van der Waals surface area (Å²) in [6.45, 7) is 12.7. The van der Waals surface area contributed by atoms with Gasteiger partial charge < -0.3 is 19.0 Å². The van der Waals surface area contributed by atoms with Crippen molar-refractivity contribution in [1.82, 2.24) is 4.90 Å². The number of benzene rings is 2. The van der Waals surface area contributed by atoms with Gasteiger partial charge in [-0.25, -0.2) is 0 Å². The van der Waals surface area contributed by atoms with E-state index < -0.39 is 0 Å². The van der Waals surface area contributed by atoms with Gasteiger partial charge in [-0.2, -0.15) is 0 Å². The van der Waals surface area contributed by atoms with E-state index in [4.69, 9.17) is 11.2 Å². The molecule has 3 fully saturated rings. The lowest BCUT2D eigenvalue weighted by Gasteiger charge is -2.50. The third kappa shape index (κ3) is 7.75. The average molecular weight is 586 g/mol. The molecule has 0 spiro atoms. The number of thioether (sulfide) groups is 1. The summed E-state index contributed by atoms with van der Waals surface area (Å²) >= 11 is 2.01. The summed E-state index contributed by atoms with van der Waals surface area (Å²) in [4.78, 5) is 8.67. The van der Waals surface area contributed by atoms with Crippen molar-refractivity contribution in [3.05, 3.63) is 66.3 Å². The molecule has 6 heteroatoms. The summed E-state index contributed by atoms with van der Waals surface area (Å²) in [7, 11) is 4.23. The lowest BCUT2D eigenvalue weighted by Crippen LogP contribution is -2.67. The molecule has 2 aromatic carbocycles. The number of anilines is 3. The Balaban J connectivity index is 1.23. The van der Waals surface area contributed by atoms with Gasteiger partial charge in [0.2, 0.25) is 0 Å². The summed E-state index contributed by atoms with van der Waals surface area (Å²) in [5.41, 5.74) is 4.79. The highest BCUT2D eigenvalue weighted by Crippen LogP contribution is 2.42. The maximum absolute atomic E-state index is 6.22. The van der Waals surface area contributed by atoms with Crippen molar-refractivity contribution < 1.29 is 9.22 Å². The van der Waals surface area contributed by atoms with Crippen LogP contribution in [0.25, 0.3) is 0 Å². The van der Waals surface area contributed by atoms with Crippen LogP contribution in [0.3, 0.4) is 0 Å². The smallest absolute Gasteiger partial charge is 0.119 e. The Labute approximate surface area is 258 Å². The molecule has 4 heterocycles. The zero-order valence-electron chi connectivity index (χ0n) is 25.9. The van der Waals surface area contributed by atoms with Crippen molar-refractivity contribution >= 4 is 28.8 Å². The van der Waals surface area contributed by atoms with Gasteiger partial charge in [-0.1, -0.05) is 37.8 Å². The van der Waals surface area contributed by atoms with Crippen LogP contribution in [0.15, 0.2) is 71.2 Å². The fourth-order valence-corrected chi connectivity index (χ4v) is 7.60. The standard InChI is InChI=1S/C36H49N4OS/c1-5-7-11-31-27-39(35-26-33(37(3)4)15-18-36(35)42-29-31)32-13-16-34(17-14-32)41-28-30(10-6-2)12-8-9-22-40-23-19-38(20-24-40)21-25-40/h2,8,10,12-18,26,31H,5,7,9,11,19-25,27-29H2,1,3-4H3/q+1/b12-8-,30-10+. The zero-order valence-corrected chi connectivity index (χ0v) is 26.7. The van der Waals surface area contributed by atoms with Crippen LogP contribution in [-0.2, 0) is 0 Å². The van der Waals surface area contributed by atoms with Crippen molar-refractivity contribution in [3.8, 4) is 18.1 Å². The number of nitrogens with zero attached hydrogens (tertiary/aromatic N) is 4. The second-order valence-electron chi connectivity index (χ2n) is 12.4. The average Bonchev–Trinajstić information content (AvgIpc) is 3.21. The van der Waals surface area contributed by atoms with Crippen LogP contribution >= 0.6 is 11.8 Å². The van der Waals surface area contributed by atoms with E-state index in [0.717, 1.165) is 24.3 Å². The number of ether oxygens (including phenoxy) is 1. The van der Waals surface area contributed by atoms with Crippen molar-refractivity contribution in [2.24, 2.45) is 5.92 Å². The van der Waals surface area contributed by atoms with Crippen LogP contribution in [0, 0.1) is 18.3 Å². The first-order valence-corrected chi connectivity index (χ1v) is 16.8. The number of unbranched alkanes of at least 4 members (excludes halogenated alkanes) is 1. The van der Waals surface area contributed by atoms with Gasteiger partial charge in [-0.3, -0.25) is 4.90 Å². The van der Waals surface area contributed by atoms with Gasteiger partial charge >= 0.3 is 0 Å². The molecule has 2 bridgehead atoms. The molecule has 0 aromatic heterocycles. The van der Waals surface area contributed by atoms with Crippen molar-refractivity contribution in [2.45, 2.75) is 37.5 Å². The van der Waals surface area contributed by atoms with Gasteiger partial charge in [0.15, 0.2) is 0 Å². The monoisotopic (exact) mass is 585 g/mol. The third-order valence-electron chi connectivity index (χ3n) is 9.23. The SMILES string of the molecule is C#C/C=C(\C=C/CC[N+]12CCN(CC1)CC2)COc1ccc(N2CC(CCCC)CSc3ccc(N(C)C)cc32)cc1. The van der Waals surface area contributed by atoms with Crippen LogP contribution < -0.4 is 14.5 Å². The van der Waals surface area contributed by atoms with E-state index in [0.29, 0.717) is 12.5 Å². The van der Waals surface area contributed by atoms with Gasteiger partial charge in [0.25, 0.3) is 0 Å². The molecule has 0 N–H and O–H groups in total. The molecule has 1 atom stereocenters. The number of hydrogen-bond acceptors (Lipinski definition) is 5. The first kappa shape index (κ1) is 30.6. The van der Waals surface area contributed by atoms with E-state index in [1.54, 1.807) is 0 Å². The molecular formula is C36H49N4OS+. The van der Waals surface area contributed by atoms with Crippen molar-refractivity contribution in [1.29, 1.82) is 0 Å². The lowest BCUT2D eigenvalue weighted by molar-refractivity contribution is -0.940. The van der Waals surface area contributed by atoms with Gasteiger partial charge in [0.05, 0.1) is 31.9 Å². The normalized spacial score (nSPS) is 23.9. The van der Waals surface area contributed by atoms with E-state index in [2.05, 4.69) is 96.3 Å². The van der Waals surface area contributed by atoms with E-state index >= 15 is 0 Å². The number of hydrogen-bond donors (Lipinski definition) is 0. The Morgan fingerprint density at radius 2 is 1.88 bits per heavy atom. The summed E-state index contributed by atoms with van der Waals surface area (Å²) in [5, 5.41) is 0. The minimum atomic E-state index is 0.476. The Kier molecular flexibility index (Phi) is 10.6. The molecule has 0 amide bonds. The minimum Gasteiger partial charge on any atom is -0.489 e. The fourth-order valence-electron chi connectivity index (χ4n) is 6.43. The van der Waals surface area contributed by atoms with E-state index in [9.17, 15) is 0 Å². The Morgan fingerprint density at radius 1 is 1.12 bits per heavy atom. The number of quaternary nitrogens is 1. The Bertz CT molecular complexity index is 1260. The third-order valence-corrected chi connectivity index (χ3v) is 10.5. The molecule has 0 radical (unpaired) electrons. The minimum absolute atomic E-state index is 0.476. The van der Waals surface area contributed by atoms with E-state index in [1.165, 1.54) is 97.3 Å². The van der Waals surface area contributed by atoms with Gasteiger partial charge in [-0.15, -0.1) is 18.2 Å². The second-order valence-corrected chi connectivity index (χ2v) is 13.5. The molecule has 42 heavy (non-hydrogen) atoms. The molecule has 3 saturated heterocycles. The maximum Gasteiger partial charge on any atom is 0.119 e. The molecule has 2 aromatic rings. The molecule has 4 aliphatic heterocycles.